The fraction of sp³-hybridized carbons (Fsp3) is 0.103. The van der Waals surface area contributed by atoms with E-state index in [1.54, 1.807) is 0 Å². The summed E-state index contributed by atoms with van der Waals surface area (Å²) in [5.41, 5.74) is 20.8. The van der Waals surface area contributed by atoms with E-state index >= 15 is 0 Å². The van der Waals surface area contributed by atoms with Gasteiger partial charge in [0.2, 0.25) is 0 Å². The van der Waals surface area contributed by atoms with E-state index in [0.29, 0.717) is 0 Å². The second-order valence-electron chi connectivity index (χ2n) is 18.2. The molecule has 286 valence electrons. The maximum atomic E-state index is 7.61. The summed E-state index contributed by atoms with van der Waals surface area (Å²) in [6.07, 6.45) is 2.17. The lowest BCUT2D eigenvalue weighted by molar-refractivity contribution is 0.631. The lowest BCUT2D eigenvalue weighted by Gasteiger charge is -2.42. The van der Waals surface area contributed by atoms with Crippen LogP contribution in [0.25, 0.3) is 75.1 Å². The molecule has 0 radical (unpaired) electrons. The summed E-state index contributed by atoms with van der Waals surface area (Å²) in [6.45, 7) is 4.77. The Bertz CT molecular complexity index is 3770. The molecule has 15 rings (SSSR count). The largest absolute Gasteiger partial charge is 0.453 e. The number of aryl methyl sites for hydroxylation is 2. The van der Waals surface area contributed by atoms with Gasteiger partial charge in [-0.15, -0.1) is 11.3 Å². The summed E-state index contributed by atoms with van der Waals surface area (Å²) >= 11 is 1.88. The van der Waals surface area contributed by atoms with Gasteiger partial charge < -0.3 is 9.32 Å². The normalized spacial score (nSPS) is 15.8. The Morgan fingerprint density at radius 3 is 1.92 bits per heavy atom. The molecule has 0 fully saturated rings. The lowest BCUT2D eigenvalue weighted by Crippen LogP contribution is -2.32. The molecule has 0 amide bonds. The van der Waals surface area contributed by atoms with Crippen molar-refractivity contribution >= 4 is 81.3 Å². The number of fused-ring (bicyclic) bond motifs is 18. The van der Waals surface area contributed by atoms with E-state index in [4.69, 9.17) is 4.42 Å². The average Bonchev–Trinajstić information content (AvgIpc) is 4.07. The Morgan fingerprint density at radius 1 is 0.443 bits per heavy atom. The van der Waals surface area contributed by atoms with Crippen molar-refractivity contribution in [1.82, 2.24) is 0 Å². The summed E-state index contributed by atoms with van der Waals surface area (Å²) in [4.78, 5) is 2.50. The summed E-state index contributed by atoms with van der Waals surface area (Å²) in [7, 11) is 0. The molecule has 4 aliphatic rings. The quantitative estimate of drug-likeness (QED) is 0.165. The molecule has 11 aromatic rings. The fourth-order valence-corrected chi connectivity index (χ4v) is 13.7. The summed E-state index contributed by atoms with van der Waals surface area (Å²) in [5.74, 6) is 0. The van der Waals surface area contributed by atoms with E-state index in [9.17, 15) is 0 Å². The van der Waals surface area contributed by atoms with Crippen molar-refractivity contribution in [3.8, 4) is 22.3 Å². The Hall–Kier alpha value is -6.94. The fourth-order valence-electron chi connectivity index (χ4n) is 12.6. The summed E-state index contributed by atoms with van der Waals surface area (Å²) in [5, 5.41) is 7.80. The molecule has 3 heterocycles. The number of rotatable bonds is 1. The van der Waals surface area contributed by atoms with Crippen molar-refractivity contribution in [1.29, 1.82) is 0 Å². The third kappa shape index (κ3) is 3.79. The van der Waals surface area contributed by atoms with Gasteiger partial charge in [0.1, 0.15) is 5.58 Å². The third-order valence-electron chi connectivity index (χ3n) is 15.1. The highest BCUT2D eigenvalue weighted by Crippen LogP contribution is 2.64. The molecule has 0 unspecified atom stereocenters. The molecule has 3 aliphatic carbocycles. The number of thiophene rings is 1. The van der Waals surface area contributed by atoms with Crippen LogP contribution < -0.4 is 4.90 Å². The first kappa shape index (κ1) is 32.9. The SMILES string of the molecule is CC1(C)c2ccccc2N(c2cccc3c2oc2c4c(ccc23)C2(c3ccccc3-c3ccccc32)c2ccc3c5c(ccc-4c25)CC3)c2cc3sc4ccccc4c3cc21. The molecule has 61 heavy (non-hydrogen) atoms. The van der Waals surface area contributed by atoms with Crippen molar-refractivity contribution < 1.29 is 4.42 Å². The molecule has 0 N–H and O–H groups in total. The minimum Gasteiger partial charge on any atom is -0.453 e. The zero-order chi connectivity index (χ0) is 39.9. The molecular formula is C58H37NOS. The van der Waals surface area contributed by atoms with Crippen LogP contribution in [0, 0.1) is 0 Å². The Labute approximate surface area is 356 Å². The predicted octanol–water partition coefficient (Wildman–Crippen LogP) is 15.7. The van der Waals surface area contributed by atoms with E-state index in [1.807, 2.05) is 11.3 Å². The first-order valence-electron chi connectivity index (χ1n) is 21.6. The van der Waals surface area contributed by atoms with Crippen molar-refractivity contribution in [3.63, 3.8) is 0 Å². The van der Waals surface area contributed by atoms with Crippen LogP contribution in [-0.2, 0) is 23.7 Å². The predicted molar refractivity (Wildman–Crippen MR) is 255 cm³/mol. The highest BCUT2D eigenvalue weighted by molar-refractivity contribution is 7.25. The zero-order valence-electron chi connectivity index (χ0n) is 33.8. The molecule has 0 atom stereocenters. The van der Waals surface area contributed by atoms with Gasteiger partial charge in [-0.3, -0.25) is 0 Å². The van der Waals surface area contributed by atoms with Crippen LogP contribution >= 0.6 is 11.3 Å². The second kappa shape index (κ2) is 11.1. The second-order valence-corrected chi connectivity index (χ2v) is 19.3. The minimum absolute atomic E-state index is 0.212. The topological polar surface area (TPSA) is 16.4 Å². The van der Waals surface area contributed by atoms with Gasteiger partial charge >= 0.3 is 0 Å². The Kier molecular flexibility index (Phi) is 5.95. The highest BCUT2D eigenvalue weighted by Gasteiger charge is 2.51. The first-order valence-corrected chi connectivity index (χ1v) is 22.5. The lowest BCUT2D eigenvalue weighted by atomic mass is 9.61. The molecule has 3 heteroatoms. The molecule has 1 aliphatic heterocycles. The molecule has 9 aromatic carbocycles. The number of furan rings is 1. The van der Waals surface area contributed by atoms with Gasteiger partial charge in [0.15, 0.2) is 5.58 Å². The van der Waals surface area contributed by atoms with Gasteiger partial charge in [0.25, 0.3) is 0 Å². The van der Waals surface area contributed by atoms with E-state index < -0.39 is 5.41 Å². The van der Waals surface area contributed by atoms with E-state index in [2.05, 4.69) is 183 Å². The van der Waals surface area contributed by atoms with Crippen molar-refractivity contribution in [3.05, 3.63) is 208 Å². The summed E-state index contributed by atoms with van der Waals surface area (Å²) in [6, 6.07) is 62.3. The number of nitrogens with zero attached hydrogens (tertiary/aromatic N) is 1. The summed E-state index contributed by atoms with van der Waals surface area (Å²) < 4.78 is 10.2. The molecule has 0 bridgehead atoms. The minimum atomic E-state index is -0.489. The molecule has 1 spiro atoms. The monoisotopic (exact) mass is 795 g/mol. The van der Waals surface area contributed by atoms with Gasteiger partial charge in [0.05, 0.1) is 22.5 Å². The van der Waals surface area contributed by atoms with E-state index in [-0.39, 0.29) is 5.41 Å². The van der Waals surface area contributed by atoms with Crippen LogP contribution in [0.1, 0.15) is 58.4 Å². The van der Waals surface area contributed by atoms with E-state index in [1.165, 1.54) is 109 Å². The molecule has 2 nitrogen and oxygen atoms in total. The maximum Gasteiger partial charge on any atom is 0.159 e. The number of para-hydroxylation sites is 2. The van der Waals surface area contributed by atoms with E-state index in [0.717, 1.165) is 40.5 Å². The van der Waals surface area contributed by atoms with Gasteiger partial charge in [0, 0.05) is 41.9 Å². The van der Waals surface area contributed by atoms with Crippen LogP contribution in [0.2, 0.25) is 0 Å². The van der Waals surface area contributed by atoms with Crippen LogP contribution in [-0.4, -0.2) is 0 Å². The Balaban J connectivity index is 1.07. The van der Waals surface area contributed by atoms with Gasteiger partial charge in [-0.05, 0) is 115 Å². The van der Waals surface area contributed by atoms with Crippen molar-refractivity contribution in [2.75, 3.05) is 4.90 Å². The molecule has 0 saturated carbocycles. The van der Waals surface area contributed by atoms with Crippen LogP contribution in [0.15, 0.2) is 168 Å². The van der Waals surface area contributed by atoms with Crippen molar-refractivity contribution in [2.45, 2.75) is 37.5 Å². The van der Waals surface area contributed by atoms with Crippen molar-refractivity contribution in [2.24, 2.45) is 0 Å². The number of anilines is 3. The number of benzene rings is 9. The average molecular weight is 796 g/mol. The molecule has 2 aromatic heterocycles. The molecular weight excluding hydrogens is 759 g/mol. The third-order valence-corrected chi connectivity index (χ3v) is 16.3. The van der Waals surface area contributed by atoms with Crippen LogP contribution in [0.3, 0.4) is 0 Å². The molecule has 0 saturated heterocycles. The van der Waals surface area contributed by atoms with Crippen LogP contribution in [0.5, 0.6) is 0 Å². The van der Waals surface area contributed by atoms with Crippen LogP contribution in [0.4, 0.5) is 17.1 Å². The van der Waals surface area contributed by atoms with Gasteiger partial charge in [-0.2, -0.15) is 0 Å². The number of hydrogen-bond acceptors (Lipinski definition) is 3. The Morgan fingerprint density at radius 2 is 1.10 bits per heavy atom. The van der Waals surface area contributed by atoms with Gasteiger partial charge in [-0.1, -0.05) is 147 Å². The highest BCUT2D eigenvalue weighted by atomic mass is 32.1. The maximum absolute atomic E-state index is 7.61. The smallest absolute Gasteiger partial charge is 0.159 e. The first-order chi connectivity index (χ1) is 30.0. The zero-order valence-corrected chi connectivity index (χ0v) is 34.6. The standard InChI is InChI=1S/C58H37NOS/c1-57(2)43-18-8-9-19-47(43)59(49-31-51-40(30-46(49)57)36-14-5-10-21-50(36)61-51)48-20-11-15-37-38-27-29-45-54(56(38)60-55(37)48)39-26-24-32-22-23-33-25-28-44(53(39)52(32)33)58(45)41-16-6-3-12-34(41)35-13-4-7-17-42(35)58/h3-21,24-31H,22-23H2,1-2H3. The van der Waals surface area contributed by atoms with Gasteiger partial charge in [-0.25, -0.2) is 0 Å². The number of hydrogen-bond donors (Lipinski definition) is 0.